The molecule has 1 rings (SSSR count). The topological polar surface area (TPSA) is 0 Å². The molecule has 1 saturated carbocycles. The van der Waals surface area contributed by atoms with Gasteiger partial charge in [-0.3, -0.25) is 0 Å². The lowest BCUT2D eigenvalue weighted by Crippen LogP contribution is -2.22. The molecular weight excluding hydrogens is 247 g/mol. The van der Waals surface area contributed by atoms with Crippen LogP contribution in [0.2, 0.25) is 0 Å². The third kappa shape index (κ3) is 7.09. The van der Waals surface area contributed by atoms with Gasteiger partial charge in [0, 0.05) is 0 Å². The van der Waals surface area contributed by atoms with Gasteiger partial charge in [0.15, 0.2) is 0 Å². The van der Waals surface area contributed by atoms with Crippen LogP contribution >= 0.6 is 0 Å². The summed E-state index contributed by atoms with van der Waals surface area (Å²) in [5.74, 6) is 2.31. The number of halogens is 1. The Balaban J connectivity index is 2.14. The Bertz CT molecular complexity index is 218. The summed E-state index contributed by atoms with van der Waals surface area (Å²) in [6.45, 7) is 6.76. The third-order valence-corrected chi connectivity index (χ3v) is 5.22. The monoisotopic (exact) mass is 283 g/mol. The molecule has 1 radical (unpaired) electrons. The van der Waals surface area contributed by atoms with Crippen molar-refractivity contribution in [2.45, 2.75) is 97.6 Å². The van der Waals surface area contributed by atoms with Crippen LogP contribution in [-0.4, -0.2) is 6.17 Å². The van der Waals surface area contributed by atoms with Gasteiger partial charge in [0.05, 0.1) is 0 Å². The van der Waals surface area contributed by atoms with E-state index in [-0.39, 0.29) is 0 Å². The third-order valence-electron chi connectivity index (χ3n) is 5.22. The van der Waals surface area contributed by atoms with E-state index in [0.29, 0.717) is 5.92 Å². The molecule has 2 atom stereocenters. The average Bonchev–Trinajstić information content (AvgIpc) is 2.45. The Kier molecular flexibility index (Phi) is 9.55. The minimum absolute atomic E-state index is 0.565. The predicted octanol–water partition coefficient (Wildman–Crippen LogP) is 6.74. The van der Waals surface area contributed by atoms with Crippen LogP contribution in [0.15, 0.2) is 0 Å². The first-order valence-electron chi connectivity index (χ1n) is 9.14. The van der Waals surface area contributed by atoms with Crippen molar-refractivity contribution in [3.8, 4) is 0 Å². The van der Waals surface area contributed by atoms with Gasteiger partial charge in [-0.05, 0) is 49.9 Å². The van der Waals surface area contributed by atoms with Crippen LogP contribution < -0.4 is 0 Å². The van der Waals surface area contributed by atoms with E-state index in [1.165, 1.54) is 51.4 Å². The van der Waals surface area contributed by atoms with Crippen molar-refractivity contribution in [2.75, 3.05) is 0 Å². The van der Waals surface area contributed by atoms with Crippen LogP contribution in [0.5, 0.6) is 0 Å². The Hall–Kier alpha value is -0.0700. The summed E-state index contributed by atoms with van der Waals surface area (Å²) in [7, 11) is 0. The fourth-order valence-electron chi connectivity index (χ4n) is 3.79. The number of rotatable bonds is 10. The molecule has 0 nitrogen and oxygen atoms in total. The molecule has 119 valence electrons. The quantitative estimate of drug-likeness (QED) is 0.389. The first-order chi connectivity index (χ1) is 9.67. The van der Waals surface area contributed by atoms with E-state index in [4.69, 9.17) is 0 Å². The van der Waals surface area contributed by atoms with Crippen LogP contribution in [-0.2, 0) is 0 Å². The van der Waals surface area contributed by atoms with E-state index in [0.717, 1.165) is 31.1 Å². The van der Waals surface area contributed by atoms with Crippen LogP contribution in [0.3, 0.4) is 0 Å². The predicted molar refractivity (Wildman–Crippen MR) is 87.5 cm³/mol. The standard InChI is InChI=1S/C19H36F/c1-4-6-7-8-10-19(20)15-16(3)18-13-11-17(9-5-2)12-14-18/h10,16-19H,4-9,11-15H2,1-3H3/t16?,17-,18-,19?. The average molecular weight is 283 g/mol. The zero-order chi connectivity index (χ0) is 14.8. The number of alkyl halides is 1. The summed E-state index contributed by atoms with van der Waals surface area (Å²) in [6.07, 6.45) is 14.8. The molecule has 0 amide bonds. The molecule has 0 saturated heterocycles. The minimum Gasteiger partial charge on any atom is -0.247 e. The molecular formula is C19H36F. The molecule has 1 fully saturated rings. The van der Waals surface area contributed by atoms with Gasteiger partial charge in [-0.15, -0.1) is 0 Å². The van der Waals surface area contributed by atoms with Gasteiger partial charge in [0.1, 0.15) is 6.17 Å². The summed E-state index contributed by atoms with van der Waals surface area (Å²) in [6, 6.07) is 0. The van der Waals surface area contributed by atoms with Crippen LogP contribution in [0.25, 0.3) is 0 Å². The Morgan fingerprint density at radius 3 is 2.35 bits per heavy atom. The highest BCUT2D eigenvalue weighted by Gasteiger charge is 2.26. The number of hydrogen-bond donors (Lipinski definition) is 0. The lowest BCUT2D eigenvalue weighted by atomic mass is 9.74. The molecule has 20 heavy (non-hydrogen) atoms. The normalized spacial score (nSPS) is 26.4. The highest BCUT2D eigenvalue weighted by Crippen LogP contribution is 2.37. The van der Waals surface area contributed by atoms with Crippen LogP contribution in [0.1, 0.15) is 91.4 Å². The van der Waals surface area contributed by atoms with Crippen molar-refractivity contribution < 1.29 is 4.39 Å². The first kappa shape index (κ1) is 18.0. The highest BCUT2D eigenvalue weighted by molar-refractivity contribution is 4.82. The summed E-state index contributed by atoms with van der Waals surface area (Å²) < 4.78 is 14.0. The van der Waals surface area contributed by atoms with E-state index in [9.17, 15) is 4.39 Å². The lowest BCUT2D eigenvalue weighted by molar-refractivity contribution is 0.175. The van der Waals surface area contributed by atoms with Crippen molar-refractivity contribution in [3.63, 3.8) is 0 Å². The van der Waals surface area contributed by atoms with Gasteiger partial charge in [-0.1, -0.05) is 65.7 Å². The number of hydrogen-bond acceptors (Lipinski definition) is 0. The Labute approximate surface area is 126 Å². The van der Waals surface area contributed by atoms with Crippen LogP contribution in [0.4, 0.5) is 4.39 Å². The maximum Gasteiger partial charge on any atom is 0.104 e. The summed E-state index contributed by atoms with van der Waals surface area (Å²) in [4.78, 5) is 0. The van der Waals surface area contributed by atoms with Crippen molar-refractivity contribution in [1.29, 1.82) is 0 Å². The summed E-state index contributed by atoms with van der Waals surface area (Å²) in [5.41, 5.74) is 0. The molecule has 0 heterocycles. The zero-order valence-corrected chi connectivity index (χ0v) is 14.0. The van der Waals surface area contributed by atoms with Gasteiger partial charge in [-0.2, -0.15) is 0 Å². The maximum atomic E-state index is 14.0. The van der Waals surface area contributed by atoms with Crippen molar-refractivity contribution in [1.82, 2.24) is 0 Å². The summed E-state index contributed by atoms with van der Waals surface area (Å²) in [5, 5.41) is 0. The molecule has 1 aliphatic rings. The fraction of sp³-hybridized carbons (Fsp3) is 0.947. The van der Waals surface area contributed by atoms with Gasteiger partial charge in [0.25, 0.3) is 0 Å². The molecule has 0 aromatic rings. The second kappa shape index (κ2) is 10.6. The van der Waals surface area contributed by atoms with Gasteiger partial charge in [0.2, 0.25) is 0 Å². The van der Waals surface area contributed by atoms with E-state index in [1.807, 2.05) is 6.42 Å². The van der Waals surface area contributed by atoms with Crippen molar-refractivity contribution >= 4 is 0 Å². The van der Waals surface area contributed by atoms with E-state index in [1.54, 1.807) is 0 Å². The molecule has 1 heteroatoms. The fourth-order valence-corrected chi connectivity index (χ4v) is 3.79. The molecule has 1 aliphatic carbocycles. The molecule has 0 N–H and O–H groups in total. The molecule has 0 spiro atoms. The summed E-state index contributed by atoms with van der Waals surface area (Å²) >= 11 is 0. The lowest BCUT2D eigenvalue weighted by Gasteiger charge is -2.32. The zero-order valence-electron chi connectivity index (χ0n) is 14.0. The Morgan fingerprint density at radius 1 is 1.05 bits per heavy atom. The molecule has 0 aliphatic heterocycles. The highest BCUT2D eigenvalue weighted by atomic mass is 19.1. The van der Waals surface area contributed by atoms with Gasteiger partial charge < -0.3 is 0 Å². The largest absolute Gasteiger partial charge is 0.247 e. The van der Waals surface area contributed by atoms with Gasteiger partial charge in [-0.25, -0.2) is 4.39 Å². The molecule has 0 bridgehead atoms. The van der Waals surface area contributed by atoms with Crippen molar-refractivity contribution in [3.05, 3.63) is 6.42 Å². The second-order valence-electron chi connectivity index (χ2n) is 7.03. The van der Waals surface area contributed by atoms with Crippen molar-refractivity contribution in [2.24, 2.45) is 17.8 Å². The number of unbranched alkanes of at least 4 members (excludes halogenated alkanes) is 3. The van der Waals surface area contributed by atoms with E-state index >= 15 is 0 Å². The molecule has 0 aromatic heterocycles. The molecule has 2 unspecified atom stereocenters. The molecule has 0 aromatic carbocycles. The van der Waals surface area contributed by atoms with Gasteiger partial charge >= 0.3 is 0 Å². The van der Waals surface area contributed by atoms with Crippen LogP contribution in [0, 0.1) is 24.2 Å². The smallest absolute Gasteiger partial charge is 0.104 e. The maximum absolute atomic E-state index is 14.0. The Morgan fingerprint density at radius 2 is 1.75 bits per heavy atom. The minimum atomic E-state index is -0.671. The SMILES string of the molecule is CCCCC[CH]C(F)CC(C)[C@H]1CC[C@H](CCC)CC1. The second-order valence-corrected chi connectivity index (χ2v) is 7.03. The van der Waals surface area contributed by atoms with E-state index < -0.39 is 6.17 Å². The van der Waals surface area contributed by atoms with E-state index in [2.05, 4.69) is 20.8 Å². The first-order valence-corrected chi connectivity index (χ1v) is 9.14.